The summed E-state index contributed by atoms with van der Waals surface area (Å²) in [6.07, 6.45) is 5.68. The second kappa shape index (κ2) is 2.08. The molecule has 0 aliphatic heterocycles. The minimum Gasteiger partial charge on any atom is -0.313 e. The molecule has 0 aliphatic rings. The Morgan fingerprint density at radius 2 is 2.42 bits per heavy atom. The molecule has 3 aromatic heterocycles. The minimum absolute atomic E-state index is 1.17. The minimum atomic E-state index is 1.17. The highest BCUT2D eigenvalue weighted by Gasteiger charge is 2.01. The van der Waals surface area contributed by atoms with Crippen LogP contribution in [-0.2, 0) is 0 Å². The first-order valence-corrected chi connectivity index (χ1v) is 4.61. The normalized spacial score (nSPS) is 11.3. The van der Waals surface area contributed by atoms with Gasteiger partial charge in [0.1, 0.15) is 0 Å². The fraction of sp³-hybridized carbons (Fsp3) is 0. The van der Waals surface area contributed by atoms with Gasteiger partial charge < -0.3 is 4.40 Å². The van der Waals surface area contributed by atoms with Gasteiger partial charge >= 0.3 is 0 Å². The highest BCUT2D eigenvalue weighted by atomic mass is 32.1. The van der Waals surface area contributed by atoms with Gasteiger partial charge in [-0.15, -0.1) is 11.3 Å². The molecule has 3 aromatic rings. The average Bonchev–Trinajstić information content (AvgIpc) is 2.62. The zero-order chi connectivity index (χ0) is 7.97. The summed E-state index contributed by atoms with van der Waals surface area (Å²) in [5.74, 6) is 0. The van der Waals surface area contributed by atoms with Crippen LogP contribution in [0.3, 0.4) is 0 Å². The molecule has 0 aromatic carbocycles. The van der Waals surface area contributed by atoms with Crippen molar-refractivity contribution < 1.29 is 0 Å². The van der Waals surface area contributed by atoms with Crippen molar-refractivity contribution in [1.29, 1.82) is 0 Å². The summed E-state index contributed by atoms with van der Waals surface area (Å²) in [6, 6.07) is 4.29. The molecule has 3 rings (SSSR count). The highest BCUT2D eigenvalue weighted by molar-refractivity contribution is 7.17. The van der Waals surface area contributed by atoms with Gasteiger partial charge in [-0.3, -0.25) is 4.98 Å². The van der Waals surface area contributed by atoms with Crippen molar-refractivity contribution in [3.63, 3.8) is 0 Å². The van der Waals surface area contributed by atoms with Crippen molar-refractivity contribution in [2.45, 2.75) is 0 Å². The van der Waals surface area contributed by atoms with Crippen LogP contribution in [0, 0.1) is 0 Å². The Hall–Kier alpha value is -1.35. The van der Waals surface area contributed by atoms with Crippen molar-refractivity contribution in [2.75, 3.05) is 0 Å². The maximum Gasteiger partial charge on any atom is 0.0654 e. The first kappa shape index (κ1) is 6.20. The number of thiophene rings is 1. The lowest BCUT2D eigenvalue weighted by atomic mass is 10.5. The standard InChI is InChI=1S/C9H6N2S/c1-4-12-9-5-7-6-10-2-3-11(7)8(1)9/h1-6H. The van der Waals surface area contributed by atoms with E-state index in [-0.39, 0.29) is 0 Å². The molecule has 0 fully saturated rings. The van der Waals surface area contributed by atoms with Gasteiger partial charge in [0.05, 0.1) is 21.9 Å². The van der Waals surface area contributed by atoms with Crippen molar-refractivity contribution in [2.24, 2.45) is 0 Å². The summed E-state index contributed by atoms with van der Waals surface area (Å²) in [5.41, 5.74) is 2.44. The number of fused-ring (bicyclic) bond motifs is 3. The quantitative estimate of drug-likeness (QED) is 0.512. The maximum atomic E-state index is 4.07. The molecule has 0 amide bonds. The predicted octanol–water partition coefficient (Wildman–Crippen LogP) is 2.55. The molecule has 0 atom stereocenters. The number of hydrogen-bond donors (Lipinski definition) is 0. The third kappa shape index (κ3) is 0.662. The van der Waals surface area contributed by atoms with Crippen LogP contribution in [0.25, 0.3) is 15.7 Å². The van der Waals surface area contributed by atoms with E-state index < -0.39 is 0 Å². The van der Waals surface area contributed by atoms with Gasteiger partial charge in [0.25, 0.3) is 0 Å². The monoisotopic (exact) mass is 174 g/mol. The van der Waals surface area contributed by atoms with Crippen molar-refractivity contribution >= 4 is 27.1 Å². The van der Waals surface area contributed by atoms with Gasteiger partial charge in [-0.1, -0.05) is 0 Å². The van der Waals surface area contributed by atoms with E-state index in [0.29, 0.717) is 0 Å². The Labute approximate surface area is 73.1 Å². The second-order valence-corrected chi connectivity index (χ2v) is 3.63. The Morgan fingerprint density at radius 3 is 3.42 bits per heavy atom. The summed E-state index contributed by atoms with van der Waals surface area (Å²) >= 11 is 1.76. The smallest absolute Gasteiger partial charge is 0.0654 e. The van der Waals surface area contributed by atoms with Crippen LogP contribution in [-0.4, -0.2) is 9.38 Å². The van der Waals surface area contributed by atoms with E-state index in [2.05, 4.69) is 26.9 Å². The van der Waals surface area contributed by atoms with Crippen molar-refractivity contribution in [3.8, 4) is 0 Å². The first-order chi connectivity index (χ1) is 5.95. The summed E-state index contributed by atoms with van der Waals surface area (Å²) < 4.78 is 3.47. The Kier molecular flexibility index (Phi) is 1.07. The van der Waals surface area contributed by atoms with Crippen LogP contribution < -0.4 is 0 Å². The van der Waals surface area contributed by atoms with Gasteiger partial charge in [-0.05, 0) is 17.5 Å². The third-order valence-electron chi connectivity index (χ3n) is 2.00. The first-order valence-electron chi connectivity index (χ1n) is 3.73. The van der Waals surface area contributed by atoms with Gasteiger partial charge in [0, 0.05) is 12.4 Å². The molecule has 0 unspecified atom stereocenters. The molecule has 3 heterocycles. The second-order valence-electron chi connectivity index (χ2n) is 2.69. The lowest BCUT2D eigenvalue weighted by molar-refractivity contribution is 1.18. The molecule has 12 heavy (non-hydrogen) atoms. The van der Waals surface area contributed by atoms with E-state index >= 15 is 0 Å². The summed E-state index contributed by atoms with van der Waals surface area (Å²) in [7, 11) is 0. The van der Waals surface area contributed by atoms with E-state index in [1.165, 1.54) is 15.7 Å². The number of aromatic nitrogens is 2. The molecule has 3 heteroatoms. The van der Waals surface area contributed by atoms with E-state index in [4.69, 9.17) is 0 Å². The Morgan fingerprint density at radius 1 is 1.42 bits per heavy atom. The zero-order valence-electron chi connectivity index (χ0n) is 6.27. The highest BCUT2D eigenvalue weighted by Crippen LogP contribution is 2.24. The van der Waals surface area contributed by atoms with Crippen LogP contribution in [0.15, 0.2) is 36.1 Å². The van der Waals surface area contributed by atoms with Crippen LogP contribution in [0.2, 0.25) is 0 Å². The summed E-state index contributed by atoms with van der Waals surface area (Å²) in [6.45, 7) is 0. The fourth-order valence-electron chi connectivity index (χ4n) is 1.45. The molecule has 58 valence electrons. The molecule has 0 spiro atoms. The predicted molar refractivity (Wildman–Crippen MR) is 50.6 cm³/mol. The van der Waals surface area contributed by atoms with Crippen LogP contribution in [0.5, 0.6) is 0 Å². The molecule has 0 saturated carbocycles. The lowest BCUT2D eigenvalue weighted by Gasteiger charge is -1.90. The van der Waals surface area contributed by atoms with Crippen LogP contribution in [0.1, 0.15) is 0 Å². The molecular weight excluding hydrogens is 168 g/mol. The van der Waals surface area contributed by atoms with E-state index in [9.17, 15) is 0 Å². The van der Waals surface area contributed by atoms with E-state index in [1.807, 2.05) is 18.6 Å². The van der Waals surface area contributed by atoms with Crippen molar-refractivity contribution in [3.05, 3.63) is 36.1 Å². The molecule has 0 aliphatic carbocycles. The van der Waals surface area contributed by atoms with Gasteiger partial charge in [-0.2, -0.15) is 0 Å². The molecule has 2 nitrogen and oxygen atoms in total. The SMILES string of the molecule is c1cn2c(cn1)cc1sccc12. The zero-order valence-corrected chi connectivity index (χ0v) is 7.08. The third-order valence-corrected chi connectivity index (χ3v) is 2.85. The number of rotatable bonds is 0. The molecule has 0 N–H and O–H groups in total. The number of hydrogen-bond acceptors (Lipinski definition) is 2. The number of nitrogens with zero attached hydrogens (tertiary/aromatic N) is 2. The topological polar surface area (TPSA) is 17.3 Å². The molecule has 0 bridgehead atoms. The van der Waals surface area contributed by atoms with Crippen LogP contribution in [0.4, 0.5) is 0 Å². The average molecular weight is 174 g/mol. The van der Waals surface area contributed by atoms with Gasteiger partial charge in [0.2, 0.25) is 0 Å². The van der Waals surface area contributed by atoms with E-state index in [0.717, 1.165) is 0 Å². The Bertz CT molecular complexity index is 534. The molecule has 0 saturated heterocycles. The maximum absolute atomic E-state index is 4.07. The van der Waals surface area contributed by atoms with Gasteiger partial charge in [0.15, 0.2) is 0 Å². The van der Waals surface area contributed by atoms with Crippen LogP contribution >= 0.6 is 11.3 Å². The Balaban J connectivity index is 2.68. The fourth-order valence-corrected chi connectivity index (χ4v) is 2.27. The van der Waals surface area contributed by atoms with Gasteiger partial charge in [-0.25, -0.2) is 0 Å². The summed E-state index contributed by atoms with van der Waals surface area (Å²) in [4.78, 5) is 4.07. The lowest BCUT2D eigenvalue weighted by Crippen LogP contribution is -1.81. The largest absolute Gasteiger partial charge is 0.313 e. The summed E-state index contributed by atoms with van der Waals surface area (Å²) in [5, 5.41) is 2.11. The van der Waals surface area contributed by atoms with E-state index in [1.54, 1.807) is 11.3 Å². The van der Waals surface area contributed by atoms with Crippen molar-refractivity contribution in [1.82, 2.24) is 9.38 Å². The molecular formula is C9H6N2S. The molecule has 0 radical (unpaired) electrons.